The molecule has 0 saturated carbocycles. The Bertz CT molecular complexity index is 693. The second-order valence-electron chi connectivity index (χ2n) is 5.06. The van der Waals surface area contributed by atoms with Crippen molar-refractivity contribution in [3.05, 3.63) is 28.5 Å². The number of hydrogen-bond acceptors (Lipinski definition) is 6. The highest BCUT2D eigenvalue weighted by molar-refractivity contribution is 7.98. The normalized spacial score (nSPS) is 12.8. The topological polar surface area (TPSA) is 69.4 Å². The van der Waals surface area contributed by atoms with Crippen LogP contribution in [0.4, 0.5) is 0 Å². The van der Waals surface area contributed by atoms with Crippen LogP contribution in [0, 0.1) is 0 Å². The molecular weight excluding hydrogens is 338 g/mol. The fourth-order valence-electron chi connectivity index (χ4n) is 2.38. The molecule has 0 fully saturated rings. The molecule has 6 nitrogen and oxygen atoms in total. The molecule has 0 radical (unpaired) electrons. The quantitative estimate of drug-likeness (QED) is 0.770. The molecule has 3 rings (SSSR count). The van der Waals surface area contributed by atoms with Gasteiger partial charge in [-0.2, -0.15) is 0 Å². The number of ether oxygens (including phenoxy) is 2. The lowest BCUT2D eigenvalue weighted by molar-refractivity contribution is 0.174. The smallest absolute Gasteiger partial charge is 0.231 e. The summed E-state index contributed by atoms with van der Waals surface area (Å²) in [5.74, 6) is 2.99. The van der Waals surface area contributed by atoms with E-state index in [1.54, 1.807) is 17.8 Å². The van der Waals surface area contributed by atoms with Gasteiger partial charge in [0.05, 0.1) is 0 Å². The first kappa shape index (κ1) is 16.4. The van der Waals surface area contributed by atoms with E-state index in [2.05, 4.69) is 21.7 Å². The van der Waals surface area contributed by atoms with Gasteiger partial charge in [0.15, 0.2) is 16.7 Å². The van der Waals surface area contributed by atoms with Gasteiger partial charge in [-0.1, -0.05) is 23.4 Å². The van der Waals surface area contributed by atoms with Crippen molar-refractivity contribution in [2.75, 3.05) is 13.4 Å². The van der Waals surface area contributed by atoms with Crippen LogP contribution in [-0.2, 0) is 18.7 Å². The van der Waals surface area contributed by atoms with Gasteiger partial charge in [-0.3, -0.25) is 0 Å². The van der Waals surface area contributed by atoms with Gasteiger partial charge >= 0.3 is 0 Å². The van der Waals surface area contributed by atoms with Crippen LogP contribution in [0.2, 0.25) is 5.02 Å². The number of aliphatic hydroxyl groups excluding tert-OH is 1. The lowest BCUT2D eigenvalue weighted by Crippen LogP contribution is -2.04. The van der Waals surface area contributed by atoms with Gasteiger partial charge in [-0.05, 0) is 25.0 Å². The van der Waals surface area contributed by atoms with Crippen LogP contribution in [0.1, 0.15) is 24.7 Å². The Labute approximate surface area is 143 Å². The van der Waals surface area contributed by atoms with Crippen molar-refractivity contribution in [2.24, 2.45) is 0 Å². The van der Waals surface area contributed by atoms with E-state index in [1.807, 2.05) is 6.07 Å². The molecule has 0 unspecified atom stereocenters. The standard InChI is InChI=1S/C15H18ClN3O3S/c1-2-19-14(4-3-5-20)17-18-15(19)23-8-10-6-12-13(7-11(10)16)22-9-21-12/h6-7,20H,2-5,8-9H2,1H3. The van der Waals surface area contributed by atoms with Crippen LogP contribution in [0.3, 0.4) is 0 Å². The third kappa shape index (κ3) is 3.57. The molecule has 1 aromatic carbocycles. The Balaban J connectivity index is 1.72. The molecule has 2 aromatic rings. The maximum Gasteiger partial charge on any atom is 0.231 e. The number of hydrogen-bond donors (Lipinski definition) is 1. The summed E-state index contributed by atoms with van der Waals surface area (Å²) in [7, 11) is 0. The van der Waals surface area contributed by atoms with E-state index in [-0.39, 0.29) is 13.4 Å². The Hall–Kier alpha value is -1.44. The second-order valence-corrected chi connectivity index (χ2v) is 6.41. The molecule has 1 N–H and O–H groups in total. The minimum absolute atomic E-state index is 0.159. The molecule has 1 aliphatic heterocycles. The van der Waals surface area contributed by atoms with Crippen molar-refractivity contribution in [1.82, 2.24) is 14.8 Å². The number of fused-ring (bicyclic) bond motifs is 1. The lowest BCUT2D eigenvalue weighted by Gasteiger charge is -2.08. The zero-order chi connectivity index (χ0) is 16.2. The SMILES string of the molecule is CCn1c(CCCO)nnc1SCc1cc2c(cc1Cl)OCO2. The summed E-state index contributed by atoms with van der Waals surface area (Å²) in [5, 5.41) is 18.9. The van der Waals surface area contributed by atoms with Crippen molar-refractivity contribution in [3.8, 4) is 11.5 Å². The van der Waals surface area contributed by atoms with Gasteiger partial charge in [-0.25, -0.2) is 0 Å². The zero-order valence-corrected chi connectivity index (χ0v) is 14.4. The number of aryl methyl sites for hydroxylation is 1. The number of nitrogens with zero attached hydrogens (tertiary/aromatic N) is 3. The molecule has 0 bridgehead atoms. The fourth-order valence-corrected chi connectivity index (χ4v) is 3.69. The molecule has 0 amide bonds. The summed E-state index contributed by atoms with van der Waals surface area (Å²) in [5.41, 5.74) is 0.975. The minimum atomic E-state index is 0.159. The minimum Gasteiger partial charge on any atom is -0.454 e. The van der Waals surface area contributed by atoms with Crippen LogP contribution in [0.25, 0.3) is 0 Å². The molecule has 1 aromatic heterocycles. The van der Waals surface area contributed by atoms with Crippen molar-refractivity contribution in [3.63, 3.8) is 0 Å². The number of halogens is 1. The first-order valence-corrected chi connectivity index (χ1v) is 8.83. The second kappa shape index (κ2) is 7.42. The van der Waals surface area contributed by atoms with Crippen molar-refractivity contribution in [2.45, 2.75) is 37.2 Å². The van der Waals surface area contributed by atoms with Crippen LogP contribution in [-0.4, -0.2) is 33.3 Å². The zero-order valence-electron chi connectivity index (χ0n) is 12.8. The van der Waals surface area contributed by atoms with Crippen LogP contribution in [0.5, 0.6) is 11.5 Å². The highest BCUT2D eigenvalue weighted by Gasteiger charge is 2.18. The van der Waals surface area contributed by atoms with Crippen molar-refractivity contribution in [1.29, 1.82) is 0 Å². The molecule has 124 valence electrons. The third-order valence-corrected chi connectivity index (χ3v) is 4.93. The summed E-state index contributed by atoms with van der Waals surface area (Å²) in [6.07, 6.45) is 1.42. The predicted octanol–water partition coefficient (Wildman–Crippen LogP) is 2.90. The van der Waals surface area contributed by atoms with Crippen molar-refractivity contribution >= 4 is 23.4 Å². The van der Waals surface area contributed by atoms with Gasteiger partial charge in [-0.15, -0.1) is 10.2 Å². The predicted molar refractivity (Wildman–Crippen MR) is 88.2 cm³/mol. The number of aromatic nitrogens is 3. The van der Waals surface area contributed by atoms with Gasteiger partial charge < -0.3 is 19.1 Å². The average molecular weight is 356 g/mol. The summed E-state index contributed by atoms with van der Waals surface area (Å²) in [6, 6.07) is 3.70. The van der Waals surface area contributed by atoms with E-state index in [4.69, 9.17) is 26.2 Å². The van der Waals surface area contributed by atoms with Crippen molar-refractivity contribution < 1.29 is 14.6 Å². The van der Waals surface area contributed by atoms with Crippen LogP contribution in [0.15, 0.2) is 17.3 Å². The Morgan fingerprint density at radius 2 is 2.09 bits per heavy atom. The highest BCUT2D eigenvalue weighted by atomic mass is 35.5. The van der Waals surface area contributed by atoms with E-state index in [9.17, 15) is 0 Å². The fraction of sp³-hybridized carbons (Fsp3) is 0.467. The van der Waals surface area contributed by atoms with E-state index in [0.717, 1.165) is 35.3 Å². The van der Waals surface area contributed by atoms with E-state index in [1.165, 1.54) is 0 Å². The Morgan fingerprint density at radius 1 is 1.30 bits per heavy atom. The first-order chi connectivity index (χ1) is 11.2. The van der Waals surface area contributed by atoms with E-state index in [0.29, 0.717) is 22.9 Å². The largest absolute Gasteiger partial charge is 0.454 e. The maximum absolute atomic E-state index is 8.96. The van der Waals surface area contributed by atoms with Gasteiger partial charge in [0.25, 0.3) is 0 Å². The third-order valence-electron chi connectivity index (χ3n) is 3.57. The molecule has 2 heterocycles. The summed E-state index contributed by atoms with van der Waals surface area (Å²) < 4.78 is 12.8. The van der Waals surface area contributed by atoms with E-state index >= 15 is 0 Å². The maximum atomic E-state index is 8.96. The number of benzene rings is 1. The number of thioether (sulfide) groups is 1. The van der Waals surface area contributed by atoms with Gasteiger partial charge in [0.2, 0.25) is 6.79 Å². The Morgan fingerprint density at radius 3 is 2.83 bits per heavy atom. The molecule has 0 aliphatic carbocycles. The highest BCUT2D eigenvalue weighted by Crippen LogP contribution is 2.38. The van der Waals surface area contributed by atoms with Gasteiger partial charge in [0, 0.05) is 36.4 Å². The monoisotopic (exact) mass is 355 g/mol. The molecule has 1 aliphatic rings. The number of aliphatic hydroxyl groups is 1. The summed E-state index contributed by atoms with van der Waals surface area (Å²) in [4.78, 5) is 0. The molecular formula is C15H18ClN3O3S. The van der Waals surface area contributed by atoms with Gasteiger partial charge in [0.1, 0.15) is 5.82 Å². The van der Waals surface area contributed by atoms with Crippen LogP contribution >= 0.6 is 23.4 Å². The molecule has 0 saturated heterocycles. The molecule has 8 heteroatoms. The molecule has 23 heavy (non-hydrogen) atoms. The Kier molecular flexibility index (Phi) is 5.30. The summed E-state index contributed by atoms with van der Waals surface area (Å²) in [6.45, 7) is 3.25. The molecule has 0 atom stereocenters. The van der Waals surface area contributed by atoms with Crippen LogP contribution < -0.4 is 9.47 Å². The summed E-state index contributed by atoms with van der Waals surface area (Å²) >= 11 is 7.89. The molecule has 0 spiro atoms. The average Bonchev–Trinajstić information content (AvgIpc) is 3.16. The lowest BCUT2D eigenvalue weighted by atomic mass is 10.2. The first-order valence-electron chi connectivity index (χ1n) is 7.46. The van der Waals surface area contributed by atoms with E-state index < -0.39 is 0 Å². The number of rotatable bonds is 7.